The van der Waals surface area contributed by atoms with Gasteiger partial charge in [-0.1, -0.05) is 6.92 Å². The fourth-order valence-electron chi connectivity index (χ4n) is 2.71. The highest BCUT2D eigenvalue weighted by molar-refractivity contribution is 7.14. The van der Waals surface area contributed by atoms with E-state index in [1.807, 2.05) is 29.6 Å². The fraction of sp³-hybridized carbons (Fsp3) is 0.261. The summed E-state index contributed by atoms with van der Waals surface area (Å²) in [5.41, 5.74) is 2.21. The number of anilines is 1. The van der Waals surface area contributed by atoms with E-state index >= 15 is 0 Å². The third kappa shape index (κ3) is 6.05. The van der Waals surface area contributed by atoms with E-state index < -0.39 is 0 Å². The van der Waals surface area contributed by atoms with Crippen LogP contribution in [0.2, 0.25) is 0 Å². The average molecular weight is 441 g/mol. The van der Waals surface area contributed by atoms with Gasteiger partial charge in [0, 0.05) is 16.5 Å². The maximum absolute atomic E-state index is 12.3. The number of hydrogen-bond donors (Lipinski definition) is 1. The molecule has 0 radical (unpaired) electrons. The van der Waals surface area contributed by atoms with Crippen LogP contribution in [0.5, 0.6) is 17.2 Å². The number of ketones is 1. The number of hydrogen-bond acceptors (Lipinski definition) is 7. The van der Waals surface area contributed by atoms with Crippen molar-refractivity contribution in [2.24, 2.45) is 0 Å². The van der Waals surface area contributed by atoms with Crippen molar-refractivity contribution in [1.29, 1.82) is 0 Å². The number of thiazole rings is 1. The van der Waals surface area contributed by atoms with E-state index in [4.69, 9.17) is 14.2 Å². The van der Waals surface area contributed by atoms with E-state index in [0.29, 0.717) is 28.8 Å². The highest BCUT2D eigenvalue weighted by atomic mass is 32.1. The number of ether oxygens (including phenoxy) is 3. The maximum Gasteiger partial charge on any atom is 0.264 e. The molecule has 1 amide bonds. The van der Waals surface area contributed by atoms with Crippen LogP contribution in [0.3, 0.4) is 0 Å². The standard InChI is InChI=1S/C23H24N2O5S/c1-4-11-29-18-8-5-16(6-9-18)19-14-31-23(24-19)25-22(27)13-30-20-10-7-17(15(2)26)12-21(20)28-3/h5-10,12,14H,4,11,13H2,1-3H3,(H,24,25,27). The summed E-state index contributed by atoms with van der Waals surface area (Å²) < 4.78 is 16.4. The molecule has 8 heteroatoms. The van der Waals surface area contributed by atoms with Gasteiger partial charge in [-0.25, -0.2) is 4.98 Å². The van der Waals surface area contributed by atoms with Crippen LogP contribution in [-0.2, 0) is 4.79 Å². The molecule has 0 spiro atoms. The average Bonchev–Trinajstić information content (AvgIpc) is 3.24. The normalized spacial score (nSPS) is 10.4. The van der Waals surface area contributed by atoms with Crippen LogP contribution in [0.25, 0.3) is 11.3 Å². The molecule has 0 atom stereocenters. The summed E-state index contributed by atoms with van der Waals surface area (Å²) in [5, 5.41) is 5.09. The molecule has 0 saturated heterocycles. The number of carbonyl (C=O) groups is 2. The maximum atomic E-state index is 12.3. The SMILES string of the molecule is CCCOc1ccc(-c2csc(NC(=O)COc3ccc(C(C)=O)cc3OC)n2)cc1. The zero-order valence-electron chi connectivity index (χ0n) is 17.6. The Hall–Kier alpha value is -3.39. The number of benzene rings is 2. The van der Waals surface area contributed by atoms with Gasteiger partial charge in [-0.05, 0) is 55.8 Å². The van der Waals surface area contributed by atoms with Crippen molar-refractivity contribution in [3.63, 3.8) is 0 Å². The summed E-state index contributed by atoms with van der Waals surface area (Å²) >= 11 is 1.33. The molecule has 3 rings (SSSR count). The summed E-state index contributed by atoms with van der Waals surface area (Å²) in [4.78, 5) is 28.2. The Labute approximate surface area is 185 Å². The molecule has 0 bridgehead atoms. The first-order valence-electron chi connectivity index (χ1n) is 9.80. The van der Waals surface area contributed by atoms with E-state index in [9.17, 15) is 9.59 Å². The second-order valence-electron chi connectivity index (χ2n) is 6.67. The largest absolute Gasteiger partial charge is 0.494 e. The van der Waals surface area contributed by atoms with Gasteiger partial charge in [0.2, 0.25) is 0 Å². The van der Waals surface area contributed by atoms with E-state index in [1.165, 1.54) is 25.4 Å². The second kappa shape index (κ2) is 10.6. The first-order valence-corrected chi connectivity index (χ1v) is 10.7. The van der Waals surface area contributed by atoms with Gasteiger partial charge in [-0.15, -0.1) is 11.3 Å². The molecule has 0 aliphatic carbocycles. The van der Waals surface area contributed by atoms with Crippen LogP contribution in [0.1, 0.15) is 30.6 Å². The van der Waals surface area contributed by atoms with Crippen LogP contribution >= 0.6 is 11.3 Å². The minimum absolute atomic E-state index is 0.0784. The third-order valence-electron chi connectivity index (χ3n) is 4.30. The number of nitrogens with zero attached hydrogens (tertiary/aromatic N) is 1. The summed E-state index contributed by atoms with van der Waals surface area (Å²) in [6.45, 7) is 4.00. The van der Waals surface area contributed by atoms with Crippen molar-refractivity contribution >= 4 is 28.2 Å². The molecule has 0 unspecified atom stereocenters. The van der Waals surface area contributed by atoms with Gasteiger partial charge >= 0.3 is 0 Å². The van der Waals surface area contributed by atoms with Gasteiger partial charge in [-0.2, -0.15) is 0 Å². The minimum Gasteiger partial charge on any atom is -0.494 e. The predicted molar refractivity (Wildman–Crippen MR) is 120 cm³/mol. The Morgan fingerprint density at radius 2 is 1.84 bits per heavy atom. The Morgan fingerprint density at radius 3 is 2.52 bits per heavy atom. The minimum atomic E-state index is -0.345. The van der Waals surface area contributed by atoms with Crippen molar-refractivity contribution in [2.75, 3.05) is 25.6 Å². The van der Waals surface area contributed by atoms with Crippen molar-refractivity contribution in [3.05, 3.63) is 53.4 Å². The number of Topliss-reactive ketones (excluding diaryl/α,β-unsaturated/α-hetero) is 1. The lowest BCUT2D eigenvalue weighted by Crippen LogP contribution is -2.20. The van der Waals surface area contributed by atoms with Crippen LogP contribution in [0, 0.1) is 0 Å². The molecule has 1 aromatic heterocycles. The summed E-state index contributed by atoms with van der Waals surface area (Å²) in [7, 11) is 1.48. The van der Waals surface area contributed by atoms with E-state index in [2.05, 4.69) is 17.2 Å². The molecular formula is C23H24N2O5S. The fourth-order valence-corrected chi connectivity index (χ4v) is 3.45. The van der Waals surface area contributed by atoms with E-state index in [1.54, 1.807) is 18.2 Å². The molecule has 162 valence electrons. The Morgan fingerprint density at radius 1 is 1.06 bits per heavy atom. The van der Waals surface area contributed by atoms with Gasteiger partial charge in [-0.3, -0.25) is 14.9 Å². The van der Waals surface area contributed by atoms with Gasteiger partial charge in [0.25, 0.3) is 5.91 Å². The van der Waals surface area contributed by atoms with Gasteiger partial charge in [0.05, 0.1) is 19.4 Å². The van der Waals surface area contributed by atoms with E-state index in [0.717, 1.165) is 23.4 Å². The highest BCUT2D eigenvalue weighted by Gasteiger charge is 2.12. The molecular weight excluding hydrogens is 416 g/mol. The van der Waals surface area contributed by atoms with E-state index in [-0.39, 0.29) is 18.3 Å². The molecule has 2 aromatic carbocycles. The number of rotatable bonds is 10. The first kappa shape index (κ1) is 22.3. The quantitative estimate of drug-likeness (QED) is 0.455. The van der Waals surface area contributed by atoms with Crippen molar-refractivity contribution in [3.8, 4) is 28.5 Å². The Bertz CT molecular complexity index is 1050. The van der Waals surface area contributed by atoms with Gasteiger partial charge in [0.1, 0.15) is 5.75 Å². The second-order valence-corrected chi connectivity index (χ2v) is 7.53. The highest BCUT2D eigenvalue weighted by Crippen LogP contribution is 2.29. The lowest BCUT2D eigenvalue weighted by molar-refractivity contribution is -0.118. The Kier molecular flexibility index (Phi) is 7.61. The summed E-state index contributed by atoms with van der Waals surface area (Å²) in [5.74, 6) is 1.17. The van der Waals surface area contributed by atoms with Crippen molar-refractivity contribution in [1.82, 2.24) is 4.98 Å². The number of nitrogens with one attached hydrogen (secondary N) is 1. The lowest BCUT2D eigenvalue weighted by Gasteiger charge is -2.11. The monoisotopic (exact) mass is 440 g/mol. The van der Waals surface area contributed by atoms with Crippen molar-refractivity contribution in [2.45, 2.75) is 20.3 Å². The number of amides is 1. The molecule has 3 aromatic rings. The molecule has 1 heterocycles. The molecule has 7 nitrogen and oxygen atoms in total. The topological polar surface area (TPSA) is 86.8 Å². The molecule has 0 aliphatic rings. The van der Waals surface area contributed by atoms with Crippen molar-refractivity contribution < 1.29 is 23.8 Å². The molecule has 31 heavy (non-hydrogen) atoms. The van der Waals surface area contributed by atoms with Crippen LogP contribution in [0.4, 0.5) is 5.13 Å². The zero-order valence-corrected chi connectivity index (χ0v) is 18.5. The molecule has 0 saturated carbocycles. The number of carbonyl (C=O) groups excluding carboxylic acids is 2. The van der Waals surface area contributed by atoms with Crippen LogP contribution < -0.4 is 19.5 Å². The smallest absolute Gasteiger partial charge is 0.264 e. The van der Waals surface area contributed by atoms with Gasteiger partial charge in [0.15, 0.2) is 29.0 Å². The summed E-state index contributed by atoms with van der Waals surface area (Å²) in [6, 6.07) is 12.5. The molecule has 1 N–H and O–H groups in total. The summed E-state index contributed by atoms with van der Waals surface area (Å²) in [6.07, 6.45) is 0.955. The Balaban J connectivity index is 1.57. The first-order chi connectivity index (χ1) is 15.0. The predicted octanol–water partition coefficient (Wildman–Crippen LogP) is 4.83. The van der Waals surface area contributed by atoms with Crippen LogP contribution in [-0.4, -0.2) is 37.0 Å². The van der Waals surface area contributed by atoms with Crippen LogP contribution in [0.15, 0.2) is 47.8 Å². The lowest BCUT2D eigenvalue weighted by atomic mass is 10.1. The zero-order chi connectivity index (χ0) is 22.2. The number of aromatic nitrogens is 1. The third-order valence-corrected chi connectivity index (χ3v) is 5.06. The number of methoxy groups -OCH3 is 1. The van der Waals surface area contributed by atoms with Gasteiger partial charge < -0.3 is 14.2 Å². The molecule has 0 aliphatic heterocycles. The molecule has 0 fully saturated rings.